The molecule has 2 saturated heterocycles. The third-order valence-electron chi connectivity index (χ3n) is 3.20. The number of likely N-dealkylation sites (tertiary alicyclic amines) is 2. The molecule has 5 heteroatoms. The first-order valence-electron chi connectivity index (χ1n) is 4.81. The van der Waals surface area contributed by atoms with E-state index in [1.807, 2.05) is 4.90 Å². The summed E-state index contributed by atoms with van der Waals surface area (Å²) in [5.74, 6) is 0.811. The Bertz CT molecular complexity index is 239. The summed E-state index contributed by atoms with van der Waals surface area (Å²) in [6, 6.07) is 0. The largest absolute Gasteiger partial charge is 0.465 e. The van der Waals surface area contributed by atoms with E-state index in [2.05, 4.69) is 0 Å². The lowest BCUT2D eigenvalue weighted by Gasteiger charge is -2.18. The predicted molar refractivity (Wildman–Crippen MR) is 48.8 cm³/mol. The van der Waals surface area contributed by atoms with Gasteiger partial charge in [0.15, 0.2) is 0 Å². The lowest BCUT2D eigenvalue weighted by atomic mass is 10.0. The average molecular weight is 198 g/mol. The van der Waals surface area contributed by atoms with Gasteiger partial charge in [0.2, 0.25) is 5.91 Å². The van der Waals surface area contributed by atoms with Crippen LogP contribution in [0.3, 0.4) is 0 Å². The summed E-state index contributed by atoms with van der Waals surface area (Å²) in [5, 5.41) is 8.79. The van der Waals surface area contributed by atoms with E-state index in [0.29, 0.717) is 24.9 Å². The fraction of sp³-hybridized carbons (Fsp3) is 0.778. The molecule has 0 saturated carbocycles. The van der Waals surface area contributed by atoms with Crippen molar-refractivity contribution >= 4 is 12.0 Å². The molecule has 2 amide bonds. The molecule has 5 nitrogen and oxygen atoms in total. The Morgan fingerprint density at radius 3 is 1.86 bits per heavy atom. The zero-order valence-corrected chi connectivity index (χ0v) is 8.14. The quantitative estimate of drug-likeness (QED) is 0.599. The molecule has 2 fully saturated rings. The molecule has 14 heavy (non-hydrogen) atoms. The average Bonchev–Trinajstić information content (AvgIpc) is 2.57. The summed E-state index contributed by atoms with van der Waals surface area (Å²) in [7, 11) is 0. The van der Waals surface area contributed by atoms with Gasteiger partial charge in [-0.05, 0) is 0 Å². The van der Waals surface area contributed by atoms with E-state index >= 15 is 0 Å². The molecule has 0 spiro atoms. The van der Waals surface area contributed by atoms with E-state index < -0.39 is 6.09 Å². The van der Waals surface area contributed by atoms with Crippen LogP contribution in [0, 0.1) is 11.8 Å². The summed E-state index contributed by atoms with van der Waals surface area (Å²) in [6.07, 6.45) is -0.839. The van der Waals surface area contributed by atoms with E-state index in [1.165, 1.54) is 4.90 Å². The summed E-state index contributed by atoms with van der Waals surface area (Å²) >= 11 is 0. The topological polar surface area (TPSA) is 60.9 Å². The minimum absolute atomic E-state index is 0.0984. The van der Waals surface area contributed by atoms with Gasteiger partial charge < -0.3 is 14.9 Å². The Labute approximate surface area is 82.3 Å². The lowest BCUT2D eigenvalue weighted by molar-refractivity contribution is -0.128. The molecule has 2 aliphatic heterocycles. The molecule has 2 heterocycles. The molecule has 1 N–H and O–H groups in total. The minimum atomic E-state index is -0.839. The highest BCUT2D eigenvalue weighted by atomic mass is 16.4. The maximum absolute atomic E-state index is 11.1. The van der Waals surface area contributed by atoms with Crippen molar-refractivity contribution < 1.29 is 14.7 Å². The monoisotopic (exact) mass is 198 g/mol. The van der Waals surface area contributed by atoms with Crippen molar-refractivity contribution in [2.24, 2.45) is 11.8 Å². The molecule has 2 aliphatic rings. The Hall–Kier alpha value is -1.26. The zero-order valence-electron chi connectivity index (χ0n) is 8.14. The SMILES string of the molecule is CC(=O)N1CC2CN(C(=O)O)CC2C1. The minimum Gasteiger partial charge on any atom is -0.465 e. The maximum Gasteiger partial charge on any atom is 0.407 e. The summed E-state index contributed by atoms with van der Waals surface area (Å²) in [5.41, 5.74) is 0. The zero-order chi connectivity index (χ0) is 10.3. The van der Waals surface area contributed by atoms with Gasteiger partial charge in [-0.2, -0.15) is 0 Å². The van der Waals surface area contributed by atoms with Crippen LogP contribution in [0.25, 0.3) is 0 Å². The number of hydrogen-bond donors (Lipinski definition) is 1. The Kier molecular flexibility index (Phi) is 2.09. The molecule has 2 unspecified atom stereocenters. The number of hydrogen-bond acceptors (Lipinski definition) is 2. The molecule has 0 radical (unpaired) electrons. The van der Waals surface area contributed by atoms with Crippen molar-refractivity contribution in [3.8, 4) is 0 Å². The van der Waals surface area contributed by atoms with Crippen molar-refractivity contribution in [2.75, 3.05) is 26.2 Å². The molecule has 0 aliphatic carbocycles. The lowest BCUT2D eigenvalue weighted by Crippen LogP contribution is -2.33. The number of fused-ring (bicyclic) bond motifs is 1. The molecule has 0 aromatic rings. The number of amides is 2. The van der Waals surface area contributed by atoms with Crippen molar-refractivity contribution in [3.05, 3.63) is 0 Å². The predicted octanol–water partition coefficient (Wildman–Crippen LogP) is 0.0745. The maximum atomic E-state index is 11.1. The van der Waals surface area contributed by atoms with Crippen LogP contribution in [0.4, 0.5) is 4.79 Å². The normalized spacial score (nSPS) is 30.6. The van der Waals surface area contributed by atoms with Crippen LogP contribution in [-0.4, -0.2) is 53.1 Å². The Morgan fingerprint density at radius 1 is 1.07 bits per heavy atom. The number of nitrogens with zero attached hydrogens (tertiary/aromatic N) is 2. The molecule has 78 valence electrons. The Morgan fingerprint density at radius 2 is 1.50 bits per heavy atom. The molecule has 2 rings (SSSR count). The highest BCUT2D eigenvalue weighted by Gasteiger charge is 2.42. The van der Waals surface area contributed by atoms with Gasteiger partial charge in [0, 0.05) is 44.9 Å². The van der Waals surface area contributed by atoms with Gasteiger partial charge in [-0.3, -0.25) is 4.79 Å². The highest BCUT2D eigenvalue weighted by Crippen LogP contribution is 2.30. The van der Waals surface area contributed by atoms with Gasteiger partial charge >= 0.3 is 6.09 Å². The molecule has 0 aromatic heterocycles. The van der Waals surface area contributed by atoms with Gasteiger partial charge in [0.25, 0.3) is 0 Å². The first-order chi connectivity index (χ1) is 6.58. The number of carboxylic acid groups (broad SMARTS) is 1. The van der Waals surface area contributed by atoms with E-state index in [0.717, 1.165) is 13.1 Å². The van der Waals surface area contributed by atoms with Crippen LogP contribution >= 0.6 is 0 Å². The number of carbonyl (C=O) groups is 2. The second-order valence-electron chi connectivity index (χ2n) is 4.13. The molecule has 0 bridgehead atoms. The molecule has 2 atom stereocenters. The van der Waals surface area contributed by atoms with Crippen LogP contribution in [0.2, 0.25) is 0 Å². The van der Waals surface area contributed by atoms with Crippen molar-refractivity contribution in [1.82, 2.24) is 9.80 Å². The summed E-state index contributed by atoms with van der Waals surface area (Å²) in [6.45, 7) is 4.19. The van der Waals surface area contributed by atoms with Crippen LogP contribution < -0.4 is 0 Å². The smallest absolute Gasteiger partial charge is 0.407 e. The van der Waals surface area contributed by atoms with Crippen LogP contribution in [0.5, 0.6) is 0 Å². The Balaban J connectivity index is 1.96. The standard InChI is InChI=1S/C9H14N2O3/c1-6(12)10-2-7-4-11(9(13)14)5-8(7)3-10/h7-8H,2-5H2,1H3,(H,13,14). The van der Waals surface area contributed by atoms with E-state index in [-0.39, 0.29) is 5.91 Å². The van der Waals surface area contributed by atoms with E-state index in [4.69, 9.17) is 5.11 Å². The van der Waals surface area contributed by atoms with Gasteiger partial charge in [-0.1, -0.05) is 0 Å². The second-order valence-corrected chi connectivity index (χ2v) is 4.13. The highest BCUT2D eigenvalue weighted by molar-refractivity contribution is 5.73. The first-order valence-corrected chi connectivity index (χ1v) is 4.81. The fourth-order valence-electron chi connectivity index (χ4n) is 2.41. The van der Waals surface area contributed by atoms with E-state index in [1.54, 1.807) is 6.92 Å². The second kappa shape index (κ2) is 3.15. The van der Waals surface area contributed by atoms with Crippen molar-refractivity contribution in [2.45, 2.75) is 6.92 Å². The van der Waals surface area contributed by atoms with E-state index in [9.17, 15) is 9.59 Å². The third-order valence-corrected chi connectivity index (χ3v) is 3.20. The van der Waals surface area contributed by atoms with Crippen molar-refractivity contribution in [1.29, 1.82) is 0 Å². The number of rotatable bonds is 0. The molecular weight excluding hydrogens is 184 g/mol. The van der Waals surface area contributed by atoms with Crippen LogP contribution in [0.1, 0.15) is 6.92 Å². The number of carbonyl (C=O) groups excluding carboxylic acids is 1. The van der Waals surface area contributed by atoms with Crippen molar-refractivity contribution in [3.63, 3.8) is 0 Å². The molecular formula is C9H14N2O3. The summed E-state index contributed by atoms with van der Waals surface area (Å²) in [4.78, 5) is 25.0. The van der Waals surface area contributed by atoms with Gasteiger partial charge in [0.1, 0.15) is 0 Å². The van der Waals surface area contributed by atoms with Gasteiger partial charge in [-0.25, -0.2) is 4.79 Å². The summed E-state index contributed by atoms with van der Waals surface area (Å²) < 4.78 is 0. The van der Waals surface area contributed by atoms with Crippen LogP contribution in [-0.2, 0) is 4.79 Å². The van der Waals surface area contributed by atoms with Gasteiger partial charge in [-0.15, -0.1) is 0 Å². The molecule has 0 aromatic carbocycles. The third kappa shape index (κ3) is 1.42. The van der Waals surface area contributed by atoms with Crippen LogP contribution in [0.15, 0.2) is 0 Å². The van der Waals surface area contributed by atoms with Gasteiger partial charge in [0.05, 0.1) is 0 Å². The fourth-order valence-corrected chi connectivity index (χ4v) is 2.41. The first kappa shape index (κ1) is 9.30.